The summed E-state index contributed by atoms with van der Waals surface area (Å²) in [6.07, 6.45) is 1.64. The maximum atomic E-state index is 12.7. The van der Waals surface area contributed by atoms with E-state index in [1.165, 1.54) is 11.3 Å². The smallest absolute Gasteiger partial charge is 0.231 e. The lowest BCUT2D eigenvalue weighted by atomic mass is 9.96. The lowest BCUT2D eigenvalue weighted by Crippen LogP contribution is -2.45. The molecule has 0 bridgehead atoms. The minimum Gasteiger partial charge on any atom is -0.496 e. The Labute approximate surface area is 169 Å². The van der Waals surface area contributed by atoms with Gasteiger partial charge in [0.25, 0.3) is 0 Å². The van der Waals surface area contributed by atoms with Gasteiger partial charge in [0.15, 0.2) is 5.13 Å². The van der Waals surface area contributed by atoms with Crippen LogP contribution in [0.5, 0.6) is 5.75 Å². The van der Waals surface area contributed by atoms with Crippen LogP contribution in [0.4, 0.5) is 5.13 Å². The van der Waals surface area contributed by atoms with E-state index in [9.17, 15) is 9.59 Å². The molecule has 7 heteroatoms. The Morgan fingerprint density at radius 2 is 2.14 bits per heavy atom. The van der Waals surface area contributed by atoms with Crippen molar-refractivity contribution in [2.45, 2.75) is 33.6 Å². The number of nitrogens with one attached hydrogen (secondary N) is 1. The third kappa shape index (κ3) is 4.52. The minimum atomic E-state index is -0.197. The summed E-state index contributed by atoms with van der Waals surface area (Å²) in [6, 6.07) is 5.94. The first-order chi connectivity index (χ1) is 13.4. The molecule has 2 heterocycles. The second-order valence-electron chi connectivity index (χ2n) is 7.51. The van der Waals surface area contributed by atoms with E-state index in [4.69, 9.17) is 4.74 Å². The van der Waals surface area contributed by atoms with E-state index in [0.29, 0.717) is 11.7 Å². The quantitative estimate of drug-likeness (QED) is 0.823. The summed E-state index contributed by atoms with van der Waals surface area (Å²) in [7, 11) is 1.64. The van der Waals surface area contributed by atoms with Gasteiger partial charge in [-0.25, -0.2) is 4.98 Å². The number of hydrogen-bond acceptors (Lipinski definition) is 5. The minimum absolute atomic E-state index is 0.0485. The molecule has 0 saturated carbocycles. The number of likely N-dealkylation sites (tertiary alicyclic amines) is 1. The summed E-state index contributed by atoms with van der Waals surface area (Å²) in [5.74, 6) is 0.549. The number of carbonyl (C=O) groups is 2. The van der Waals surface area contributed by atoms with Gasteiger partial charge in [-0.2, -0.15) is 0 Å². The third-order valence-corrected chi connectivity index (χ3v) is 5.72. The first kappa shape index (κ1) is 20.3. The van der Waals surface area contributed by atoms with Crippen molar-refractivity contribution in [2.75, 3.05) is 25.5 Å². The van der Waals surface area contributed by atoms with Gasteiger partial charge in [0.1, 0.15) is 5.75 Å². The molecule has 2 amide bonds. The molecule has 1 aliphatic rings. The molecule has 0 spiro atoms. The number of thiazole rings is 1. The molecule has 0 radical (unpaired) electrons. The van der Waals surface area contributed by atoms with Crippen molar-refractivity contribution < 1.29 is 14.3 Å². The van der Waals surface area contributed by atoms with E-state index in [1.807, 2.05) is 49.3 Å². The van der Waals surface area contributed by atoms with Crippen LogP contribution in [0.1, 0.15) is 32.3 Å². The van der Waals surface area contributed by atoms with Crippen LogP contribution in [-0.4, -0.2) is 41.9 Å². The van der Waals surface area contributed by atoms with Crippen molar-refractivity contribution in [1.29, 1.82) is 0 Å². The maximum Gasteiger partial charge on any atom is 0.231 e. The van der Waals surface area contributed by atoms with Gasteiger partial charge in [0.05, 0.1) is 18.7 Å². The van der Waals surface area contributed by atoms with Crippen LogP contribution in [0.25, 0.3) is 11.3 Å². The van der Waals surface area contributed by atoms with Crippen LogP contribution in [0, 0.1) is 18.8 Å². The summed E-state index contributed by atoms with van der Waals surface area (Å²) >= 11 is 1.39. The molecule has 1 N–H and O–H groups in total. The Balaban J connectivity index is 1.69. The van der Waals surface area contributed by atoms with E-state index in [2.05, 4.69) is 10.3 Å². The Bertz CT molecular complexity index is 862. The summed E-state index contributed by atoms with van der Waals surface area (Å²) in [6.45, 7) is 7.01. The normalized spacial score (nSPS) is 16.9. The highest BCUT2D eigenvalue weighted by Crippen LogP contribution is 2.33. The van der Waals surface area contributed by atoms with Crippen LogP contribution in [0.3, 0.4) is 0 Å². The van der Waals surface area contributed by atoms with Crippen molar-refractivity contribution in [3.05, 3.63) is 29.1 Å². The predicted molar refractivity (Wildman–Crippen MR) is 112 cm³/mol. The number of anilines is 1. The van der Waals surface area contributed by atoms with Crippen molar-refractivity contribution in [2.24, 2.45) is 11.8 Å². The number of hydrogen-bond donors (Lipinski definition) is 1. The molecule has 1 atom stereocenters. The van der Waals surface area contributed by atoms with Gasteiger partial charge in [-0.3, -0.25) is 9.59 Å². The molecular weight excluding hydrogens is 374 g/mol. The number of methoxy groups -OCH3 is 1. The first-order valence-corrected chi connectivity index (χ1v) is 10.5. The van der Waals surface area contributed by atoms with E-state index in [-0.39, 0.29) is 23.7 Å². The van der Waals surface area contributed by atoms with Crippen molar-refractivity contribution in [3.63, 3.8) is 0 Å². The van der Waals surface area contributed by atoms with Gasteiger partial charge in [0.2, 0.25) is 11.8 Å². The van der Waals surface area contributed by atoms with E-state index >= 15 is 0 Å². The van der Waals surface area contributed by atoms with E-state index in [1.54, 1.807) is 7.11 Å². The zero-order valence-corrected chi connectivity index (χ0v) is 17.6. The van der Waals surface area contributed by atoms with Gasteiger partial charge in [-0.1, -0.05) is 25.5 Å². The lowest BCUT2D eigenvalue weighted by Gasteiger charge is -2.33. The van der Waals surface area contributed by atoms with Gasteiger partial charge < -0.3 is 15.0 Å². The second kappa shape index (κ2) is 8.73. The molecular formula is C21H27N3O3S. The molecule has 1 aromatic carbocycles. The number of piperidine rings is 1. The Hall–Kier alpha value is -2.41. The highest BCUT2D eigenvalue weighted by molar-refractivity contribution is 7.14. The molecule has 1 saturated heterocycles. The van der Waals surface area contributed by atoms with E-state index < -0.39 is 0 Å². The highest BCUT2D eigenvalue weighted by atomic mass is 32.1. The van der Waals surface area contributed by atoms with Gasteiger partial charge in [0, 0.05) is 30.0 Å². The number of ether oxygens (including phenoxy) is 1. The Kier molecular flexibility index (Phi) is 6.34. The van der Waals surface area contributed by atoms with Crippen LogP contribution in [0.15, 0.2) is 23.6 Å². The number of rotatable bonds is 5. The third-order valence-electron chi connectivity index (χ3n) is 4.96. The molecule has 1 aromatic heterocycles. The number of carbonyl (C=O) groups excluding carboxylic acids is 2. The lowest BCUT2D eigenvalue weighted by molar-refractivity contribution is -0.137. The number of amides is 2. The number of nitrogens with zero attached hydrogens (tertiary/aromatic N) is 2. The number of benzene rings is 1. The Morgan fingerprint density at radius 1 is 1.36 bits per heavy atom. The molecule has 3 rings (SSSR count). The molecule has 6 nitrogen and oxygen atoms in total. The molecule has 28 heavy (non-hydrogen) atoms. The average Bonchev–Trinajstić information content (AvgIpc) is 3.15. The SMILES string of the molecule is COc1ccc(C)cc1-c1csc(NC(=O)C2CCCN(C(=O)C(C)C)C2)n1. The van der Waals surface area contributed by atoms with Gasteiger partial charge >= 0.3 is 0 Å². The zero-order chi connectivity index (χ0) is 20.3. The fourth-order valence-corrected chi connectivity index (χ4v) is 4.15. The molecule has 2 aromatic rings. The fourth-order valence-electron chi connectivity index (χ4n) is 3.44. The van der Waals surface area contributed by atoms with Crippen LogP contribution < -0.4 is 10.1 Å². The van der Waals surface area contributed by atoms with Crippen molar-refractivity contribution >= 4 is 28.3 Å². The topological polar surface area (TPSA) is 71.5 Å². The zero-order valence-electron chi connectivity index (χ0n) is 16.8. The molecule has 150 valence electrons. The maximum absolute atomic E-state index is 12.7. The molecule has 1 aliphatic heterocycles. The summed E-state index contributed by atoms with van der Waals surface area (Å²) in [5, 5.41) is 5.42. The van der Waals surface area contributed by atoms with Gasteiger partial charge in [-0.05, 0) is 31.9 Å². The van der Waals surface area contributed by atoms with Crippen LogP contribution >= 0.6 is 11.3 Å². The summed E-state index contributed by atoms with van der Waals surface area (Å²) < 4.78 is 5.43. The highest BCUT2D eigenvalue weighted by Gasteiger charge is 2.29. The average molecular weight is 402 g/mol. The van der Waals surface area contributed by atoms with Crippen molar-refractivity contribution in [3.8, 4) is 17.0 Å². The van der Waals surface area contributed by atoms with E-state index in [0.717, 1.165) is 42.0 Å². The second-order valence-corrected chi connectivity index (χ2v) is 8.37. The molecule has 0 aliphatic carbocycles. The largest absolute Gasteiger partial charge is 0.496 e. The standard InChI is InChI=1S/C21H27N3O3S/c1-13(2)20(26)24-9-5-6-15(11-24)19(25)23-21-22-17(12-28-21)16-10-14(3)7-8-18(16)27-4/h7-8,10,12-13,15H,5-6,9,11H2,1-4H3,(H,22,23,25). The summed E-state index contributed by atoms with van der Waals surface area (Å²) in [4.78, 5) is 31.3. The van der Waals surface area contributed by atoms with Crippen molar-refractivity contribution in [1.82, 2.24) is 9.88 Å². The Morgan fingerprint density at radius 3 is 2.86 bits per heavy atom. The predicted octanol–water partition coefficient (Wildman–Crippen LogP) is 3.96. The number of aryl methyl sites for hydroxylation is 1. The number of aromatic nitrogens is 1. The summed E-state index contributed by atoms with van der Waals surface area (Å²) in [5.41, 5.74) is 2.80. The molecule has 1 fully saturated rings. The van der Waals surface area contributed by atoms with Crippen LogP contribution in [0.2, 0.25) is 0 Å². The fraction of sp³-hybridized carbons (Fsp3) is 0.476. The first-order valence-electron chi connectivity index (χ1n) is 9.59. The molecule has 1 unspecified atom stereocenters. The monoisotopic (exact) mass is 401 g/mol. The van der Waals surface area contributed by atoms with Gasteiger partial charge in [-0.15, -0.1) is 11.3 Å². The van der Waals surface area contributed by atoms with Crippen LogP contribution in [-0.2, 0) is 9.59 Å².